The quantitative estimate of drug-likeness (QED) is 0.822. The molecule has 3 rings (SSSR count). The lowest BCUT2D eigenvalue weighted by molar-refractivity contribution is 0.0282. The molecule has 3 heterocycles. The zero-order valence-corrected chi connectivity index (χ0v) is 15.5. The molecular formula is C17H26N4O4. The molecule has 2 aliphatic rings. The largest absolute Gasteiger partial charge is 0.490 e. The van der Waals surface area contributed by atoms with Crippen LogP contribution in [0, 0.1) is 11.8 Å². The van der Waals surface area contributed by atoms with Crippen LogP contribution in [0.3, 0.4) is 0 Å². The number of aromatic nitrogens is 2. The zero-order valence-electron chi connectivity index (χ0n) is 15.5. The lowest BCUT2D eigenvalue weighted by Gasteiger charge is -2.26. The van der Waals surface area contributed by atoms with Crippen molar-refractivity contribution in [1.29, 1.82) is 0 Å². The van der Waals surface area contributed by atoms with Crippen LogP contribution < -0.4 is 14.4 Å². The van der Waals surface area contributed by atoms with Gasteiger partial charge in [0, 0.05) is 38.0 Å². The van der Waals surface area contributed by atoms with E-state index in [0.29, 0.717) is 42.5 Å². The van der Waals surface area contributed by atoms with E-state index in [4.69, 9.17) is 14.2 Å². The van der Waals surface area contributed by atoms with Crippen LogP contribution in [-0.4, -0.2) is 67.0 Å². The number of hydrogen-bond acceptors (Lipinski definition) is 7. The van der Waals surface area contributed by atoms with Crippen molar-refractivity contribution in [2.75, 3.05) is 45.3 Å². The Labute approximate surface area is 148 Å². The topological polar surface area (TPSA) is 77.0 Å². The van der Waals surface area contributed by atoms with Gasteiger partial charge >= 0.3 is 6.09 Å². The van der Waals surface area contributed by atoms with Crippen LogP contribution in [0.25, 0.3) is 0 Å². The van der Waals surface area contributed by atoms with E-state index in [1.807, 2.05) is 25.7 Å². The second-order valence-electron chi connectivity index (χ2n) is 7.56. The van der Waals surface area contributed by atoms with Crippen molar-refractivity contribution >= 4 is 12.0 Å². The molecule has 0 saturated carbocycles. The molecule has 1 aromatic heterocycles. The second kappa shape index (κ2) is 6.57. The van der Waals surface area contributed by atoms with Crippen LogP contribution >= 0.6 is 0 Å². The lowest BCUT2D eigenvalue weighted by Crippen LogP contribution is -2.37. The maximum absolute atomic E-state index is 12.2. The third-order valence-corrected chi connectivity index (χ3v) is 4.54. The molecule has 2 fully saturated rings. The molecule has 0 bridgehead atoms. The van der Waals surface area contributed by atoms with E-state index in [-0.39, 0.29) is 6.09 Å². The molecule has 2 saturated heterocycles. The third kappa shape index (κ3) is 3.72. The van der Waals surface area contributed by atoms with Crippen LogP contribution in [0.15, 0.2) is 6.20 Å². The molecular weight excluding hydrogens is 324 g/mol. The first kappa shape index (κ1) is 17.6. The minimum atomic E-state index is -0.464. The summed E-state index contributed by atoms with van der Waals surface area (Å²) in [6.45, 7) is 8.72. The molecule has 8 heteroatoms. The number of ether oxygens (including phenoxy) is 3. The van der Waals surface area contributed by atoms with Crippen LogP contribution in [-0.2, 0) is 4.74 Å². The first-order valence-electron chi connectivity index (χ1n) is 8.48. The van der Waals surface area contributed by atoms with Gasteiger partial charge in [-0.1, -0.05) is 0 Å². The average Bonchev–Trinajstić information content (AvgIpc) is 3.11. The standard InChI is InChI=1S/C17H26N4O4/c1-17(2,3)25-16(22)21-9-11-7-20(8-12(11)10-21)15-18-6-13(23-4)14(19-15)24-5/h6,11-12H,7-10H2,1-5H3. The van der Waals surface area contributed by atoms with Gasteiger partial charge in [-0.25, -0.2) is 9.78 Å². The van der Waals surface area contributed by atoms with Crippen molar-refractivity contribution in [3.8, 4) is 11.6 Å². The Morgan fingerprint density at radius 3 is 2.28 bits per heavy atom. The summed E-state index contributed by atoms with van der Waals surface area (Å²) in [6, 6.07) is 0. The van der Waals surface area contributed by atoms with Crippen molar-refractivity contribution in [1.82, 2.24) is 14.9 Å². The summed E-state index contributed by atoms with van der Waals surface area (Å²) in [5, 5.41) is 0. The molecule has 2 unspecified atom stereocenters. The number of carbonyl (C=O) groups excluding carboxylic acids is 1. The Hall–Kier alpha value is -2.25. The van der Waals surface area contributed by atoms with Crippen molar-refractivity contribution < 1.29 is 19.0 Å². The number of likely N-dealkylation sites (tertiary alicyclic amines) is 1. The number of carbonyl (C=O) groups is 1. The van der Waals surface area contributed by atoms with Crippen molar-refractivity contribution in [3.63, 3.8) is 0 Å². The smallest absolute Gasteiger partial charge is 0.410 e. The number of nitrogens with zero attached hydrogens (tertiary/aromatic N) is 4. The molecule has 2 atom stereocenters. The highest BCUT2D eigenvalue weighted by Gasteiger charge is 2.43. The number of rotatable bonds is 3. The summed E-state index contributed by atoms with van der Waals surface area (Å²) in [5.74, 6) is 2.39. The Balaban J connectivity index is 1.63. The predicted molar refractivity (Wildman–Crippen MR) is 92.1 cm³/mol. The fraction of sp³-hybridized carbons (Fsp3) is 0.706. The van der Waals surface area contributed by atoms with Crippen molar-refractivity contribution in [3.05, 3.63) is 6.20 Å². The Kier molecular flexibility index (Phi) is 4.62. The molecule has 138 valence electrons. The molecule has 8 nitrogen and oxygen atoms in total. The lowest BCUT2D eigenvalue weighted by atomic mass is 10.0. The number of methoxy groups -OCH3 is 2. The first-order valence-corrected chi connectivity index (χ1v) is 8.48. The van der Waals surface area contributed by atoms with Crippen LogP contribution in [0.2, 0.25) is 0 Å². The fourth-order valence-corrected chi connectivity index (χ4v) is 3.42. The van der Waals surface area contributed by atoms with E-state index in [1.54, 1.807) is 20.4 Å². The van der Waals surface area contributed by atoms with E-state index >= 15 is 0 Å². The molecule has 0 aliphatic carbocycles. The minimum absolute atomic E-state index is 0.226. The molecule has 0 radical (unpaired) electrons. The van der Waals surface area contributed by atoms with Gasteiger partial charge in [0.1, 0.15) is 5.60 Å². The van der Waals surface area contributed by atoms with E-state index in [9.17, 15) is 4.79 Å². The molecule has 0 N–H and O–H groups in total. The summed E-state index contributed by atoms with van der Waals surface area (Å²) in [5.41, 5.74) is -0.464. The molecule has 0 aromatic carbocycles. The average molecular weight is 350 g/mol. The van der Waals surface area contributed by atoms with Gasteiger partial charge in [-0.15, -0.1) is 0 Å². The molecule has 1 aromatic rings. The molecule has 2 aliphatic heterocycles. The number of fused-ring (bicyclic) bond motifs is 1. The van der Waals surface area contributed by atoms with Crippen LogP contribution in [0.4, 0.5) is 10.7 Å². The zero-order chi connectivity index (χ0) is 18.2. The number of anilines is 1. The highest BCUT2D eigenvalue weighted by atomic mass is 16.6. The SMILES string of the molecule is COc1cnc(N2CC3CN(C(=O)OC(C)(C)C)CC3C2)nc1OC. The normalized spacial score (nSPS) is 22.8. The summed E-state index contributed by atoms with van der Waals surface area (Å²) in [6.07, 6.45) is 1.40. The van der Waals surface area contributed by atoms with Gasteiger partial charge in [-0.3, -0.25) is 0 Å². The summed E-state index contributed by atoms with van der Waals surface area (Å²) in [7, 11) is 3.12. The maximum Gasteiger partial charge on any atom is 0.410 e. The summed E-state index contributed by atoms with van der Waals surface area (Å²) < 4.78 is 15.9. The van der Waals surface area contributed by atoms with Crippen molar-refractivity contribution in [2.24, 2.45) is 11.8 Å². The number of amides is 1. The second-order valence-corrected chi connectivity index (χ2v) is 7.56. The van der Waals surface area contributed by atoms with Crippen molar-refractivity contribution in [2.45, 2.75) is 26.4 Å². The summed E-state index contributed by atoms with van der Waals surface area (Å²) >= 11 is 0. The Morgan fingerprint density at radius 1 is 1.12 bits per heavy atom. The highest BCUT2D eigenvalue weighted by molar-refractivity contribution is 5.68. The van der Waals surface area contributed by atoms with Gasteiger partial charge in [-0.2, -0.15) is 4.98 Å². The number of hydrogen-bond donors (Lipinski definition) is 0. The third-order valence-electron chi connectivity index (χ3n) is 4.54. The molecule has 1 amide bonds. The van der Waals surface area contributed by atoms with Crippen LogP contribution in [0.5, 0.6) is 11.6 Å². The van der Waals surface area contributed by atoms with E-state index in [1.165, 1.54) is 0 Å². The maximum atomic E-state index is 12.2. The van der Waals surface area contributed by atoms with E-state index in [2.05, 4.69) is 14.9 Å². The van der Waals surface area contributed by atoms with Gasteiger partial charge in [0.2, 0.25) is 5.95 Å². The monoisotopic (exact) mass is 350 g/mol. The fourth-order valence-electron chi connectivity index (χ4n) is 3.42. The van der Waals surface area contributed by atoms with Crippen LogP contribution in [0.1, 0.15) is 20.8 Å². The predicted octanol–water partition coefficient (Wildman–Crippen LogP) is 1.80. The highest BCUT2D eigenvalue weighted by Crippen LogP contribution is 2.34. The molecule has 0 spiro atoms. The minimum Gasteiger partial charge on any atom is -0.490 e. The van der Waals surface area contributed by atoms with Gasteiger partial charge < -0.3 is 24.0 Å². The Morgan fingerprint density at radius 2 is 1.76 bits per heavy atom. The van der Waals surface area contributed by atoms with Gasteiger partial charge in [0.05, 0.1) is 20.4 Å². The van der Waals surface area contributed by atoms with Gasteiger partial charge in [0.25, 0.3) is 5.88 Å². The Bertz CT molecular complexity index is 632. The van der Waals surface area contributed by atoms with E-state index < -0.39 is 5.60 Å². The summed E-state index contributed by atoms with van der Waals surface area (Å²) in [4.78, 5) is 25.0. The van der Waals surface area contributed by atoms with Gasteiger partial charge in [-0.05, 0) is 20.8 Å². The van der Waals surface area contributed by atoms with E-state index in [0.717, 1.165) is 13.1 Å². The first-order chi connectivity index (χ1) is 11.8. The molecule has 25 heavy (non-hydrogen) atoms. The van der Waals surface area contributed by atoms with Gasteiger partial charge in [0.15, 0.2) is 5.75 Å².